The fourth-order valence-electron chi connectivity index (χ4n) is 4.22. The molecule has 170 valence electrons. The van der Waals surface area contributed by atoms with Crippen molar-refractivity contribution in [3.63, 3.8) is 0 Å². The van der Waals surface area contributed by atoms with E-state index < -0.39 is 11.7 Å². The van der Waals surface area contributed by atoms with Crippen LogP contribution in [-0.2, 0) is 17.9 Å². The van der Waals surface area contributed by atoms with E-state index in [1.165, 1.54) is 4.90 Å². The van der Waals surface area contributed by atoms with Gasteiger partial charge in [0.25, 0.3) is 0 Å². The summed E-state index contributed by atoms with van der Waals surface area (Å²) in [6, 6.07) is 16.6. The number of fused-ring (bicyclic) bond motifs is 1. The highest BCUT2D eigenvalue weighted by molar-refractivity contribution is 5.96. The van der Waals surface area contributed by atoms with Gasteiger partial charge in [0.2, 0.25) is 5.91 Å². The van der Waals surface area contributed by atoms with Crippen LogP contribution in [0, 0.1) is 0 Å². The van der Waals surface area contributed by atoms with Gasteiger partial charge in [-0.15, -0.1) is 0 Å². The molecule has 0 radical (unpaired) electrons. The lowest BCUT2D eigenvalue weighted by Crippen LogP contribution is -2.50. The van der Waals surface area contributed by atoms with Crippen LogP contribution in [0.4, 0.5) is 16.2 Å². The van der Waals surface area contributed by atoms with E-state index in [1.54, 1.807) is 36.3 Å². The average molecular weight is 448 g/mol. The smallest absolute Gasteiger partial charge is 0.354 e. The van der Waals surface area contributed by atoms with Crippen LogP contribution in [0.1, 0.15) is 5.82 Å². The van der Waals surface area contributed by atoms with E-state index in [0.29, 0.717) is 30.4 Å². The first-order chi connectivity index (χ1) is 16.0. The van der Waals surface area contributed by atoms with Gasteiger partial charge in [-0.3, -0.25) is 9.69 Å². The number of para-hydroxylation sites is 1. The number of piperazine rings is 1. The van der Waals surface area contributed by atoms with Crippen molar-refractivity contribution in [2.45, 2.75) is 13.1 Å². The van der Waals surface area contributed by atoms with Crippen molar-refractivity contribution in [3.05, 3.63) is 70.9 Å². The number of rotatable bonds is 5. The first-order valence-corrected chi connectivity index (χ1v) is 10.8. The molecule has 1 aromatic heterocycles. The second-order valence-corrected chi connectivity index (χ2v) is 7.96. The summed E-state index contributed by atoms with van der Waals surface area (Å²) in [4.78, 5) is 43.9. The number of anilines is 2. The van der Waals surface area contributed by atoms with Crippen molar-refractivity contribution in [1.29, 1.82) is 0 Å². The number of amides is 2. The van der Waals surface area contributed by atoms with Crippen LogP contribution in [0.5, 0.6) is 5.75 Å². The fraction of sp³-hybridized carbons (Fsp3) is 0.304. The number of carbonyl (C=O) groups excluding carboxylic acids is 2. The van der Waals surface area contributed by atoms with Crippen LogP contribution in [0.15, 0.2) is 59.4 Å². The Hall–Kier alpha value is -4.08. The van der Waals surface area contributed by atoms with Crippen LogP contribution in [-0.4, -0.2) is 64.5 Å². The normalized spacial score (nSPS) is 15.7. The standard InChI is InChI=1S/C23H24N6O4/c1-33-19-9-7-18(8-10-19)27-15-20-24-28(23(32)29(20)22(27)31)16-21(30)26-13-11-25(12-14-26)17-5-3-2-4-6-17/h2-10H,11-16H2,1H3. The Balaban J connectivity index is 1.24. The number of ether oxygens (including phenoxy) is 1. The quantitative estimate of drug-likeness (QED) is 0.586. The van der Waals surface area contributed by atoms with Crippen molar-refractivity contribution < 1.29 is 14.3 Å². The topological polar surface area (TPSA) is 92.9 Å². The Labute approximate surface area is 190 Å². The van der Waals surface area contributed by atoms with E-state index in [2.05, 4.69) is 22.1 Å². The molecule has 3 heterocycles. The number of hydrogen-bond acceptors (Lipinski definition) is 6. The van der Waals surface area contributed by atoms with E-state index in [0.717, 1.165) is 28.0 Å². The Morgan fingerprint density at radius 2 is 1.64 bits per heavy atom. The number of methoxy groups -OCH3 is 1. The van der Waals surface area contributed by atoms with E-state index in [4.69, 9.17) is 4.74 Å². The third-order valence-electron chi connectivity index (χ3n) is 6.05. The first-order valence-electron chi connectivity index (χ1n) is 10.8. The molecule has 10 heteroatoms. The largest absolute Gasteiger partial charge is 0.497 e. The predicted molar refractivity (Wildman–Crippen MR) is 122 cm³/mol. The minimum atomic E-state index is -0.595. The van der Waals surface area contributed by atoms with Gasteiger partial charge < -0.3 is 14.5 Å². The molecule has 33 heavy (non-hydrogen) atoms. The molecule has 3 aromatic rings. The molecule has 5 rings (SSSR count). The van der Waals surface area contributed by atoms with Crippen LogP contribution >= 0.6 is 0 Å². The average Bonchev–Trinajstić information content (AvgIpc) is 3.35. The van der Waals surface area contributed by atoms with E-state index >= 15 is 0 Å². The molecule has 10 nitrogen and oxygen atoms in total. The van der Waals surface area contributed by atoms with Crippen LogP contribution < -0.4 is 20.2 Å². The lowest BCUT2D eigenvalue weighted by atomic mass is 10.2. The Morgan fingerprint density at radius 1 is 0.939 bits per heavy atom. The molecular formula is C23H24N6O4. The van der Waals surface area contributed by atoms with E-state index in [1.807, 2.05) is 18.2 Å². The molecule has 2 aromatic carbocycles. The summed E-state index contributed by atoms with van der Waals surface area (Å²) in [7, 11) is 1.57. The predicted octanol–water partition coefficient (Wildman–Crippen LogP) is 1.39. The van der Waals surface area contributed by atoms with Crippen LogP contribution in [0.2, 0.25) is 0 Å². The molecular weight excluding hydrogens is 424 g/mol. The monoisotopic (exact) mass is 448 g/mol. The van der Waals surface area contributed by atoms with E-state index in [9.17, 15) is 14.4 Å². The lowest BCUT2D eigenvalue weighted by molar-refractivity contribution is -0.132. The summed E-state index contributed by atoms with van der Waals surface area (Å²) in [5.41, 5.74) is 1.18. The number of hydrogen-bond donors (Lipinski definition) is 0. The minimum absolute atomic E-state index is 0.164. The zero-order chi connectivity index (χ0) is 22.9. The molecule has 0 bridgehead atoms. The van der Waals surface area contributed by atoms with Crippen LogP contribution in [0.3, 0.4) is 0 Å². The first kappa shape index (κ1) is 20.8. The summed E-state index contributed by atoms with van der Waals surface area (Å²) in [5, 5.41) is 4.27. The third kappa shape index (κ3) is 3.84. The van der Waals surface area contributed by atoms with Crippen molar-refractivity contribution in [2.24, 2.45) is 0 Å². The van der Waals surface area contributed by atoms with Gasteiger partial charge in [-0.2, -0.15) is 9.67 Å². The molecule has 1 saturated heterocycles. The molecule has 0 atom stereocenters. The summed E-state index contributed by atoms with van der Waals surface area (Å²) < 4.78 is 7.26. The molecule has 0 unspecified atom stereocenters. The summed E-state index contributed by atoms with van der Waals surface area (Å²) in [5.74, 6) is 0.817. The highest BCUT2D eigenvalue weighted by Gasteiger charge is 2.34. The van der Waals surface area contributed by atoms with Gasteiger partial charge >= 0.3 is 11.7 Å². The Kier molecular flexibility index (Phi) is 5.33. The van der Waals surface area contributed by atoms with Gasteiger partial charge in [0, 0.05) is 37.6 Å². The van der Waals surface area contributed by atoms with Crippen molar-refractivity contribution in [3.8, 4) is 5.75 Å². The van der Waals surface area contributed by atoms with Crippen molar-refractivity contribution >= 4 is 23.3 Å². The SMILES string of the molecule is COc1ccc(N2Cc3nn(CC(=O)N4CCN(c5ccccc5)CC4)c(=O)n3C2=O)cc1. The molecule has 2 amide bonds. The summed E-state index contributed by atoms with van der Waals surface area (Å²) >= 11 is 0. The van der Waals surface area contributed by atoms with Gasteiger partial charge in [0.15, 0.2) is 5.82 Å². The van der Waals surface area contributed by atoms with Gasteiger partial charge in [-0.25, -0.2) is 14.3 Å². The summed E-state index contributed by atoms with van der Waals surface area (Å²) in [6.45, 7) is 2.57. The second kappa shape index (κ2) is 8.45. The van der Waals surface area contributed by atoms with E-state index in [-0.39, 0.29) is 19.0 Å². The minimum Gasteiger partial charge on any atom is -0.497 e. The number of nitrogens with zero attached hydrogens (tertiary/aromatic N) is 6. The number of benzene rings is 2. The molecule has 1 fully saturated rings. The van der Waals surface area contributed by atoms with Gasteiger partial charge in [-0.1, -0.05) is 18.2 Å². The highest BCUT2D eigenvalue weighted by atomic mass is 16.5. The van der Waals surface area contributed by atoms with Crippen LogP contribution in [0.25, 0.3) is 0 Å². The lowest BCUT2D eigenvalue weighted by Gasteiger charge is -2.36. The van der Waals surface area contributed by atoms with Gasteiger partial charge in [0.05, 0.1) is 13.7 Å². The molecule has 0 N–H and O–H groups in total. The maximum Gasteiger partial charge on any atom is 0.354 e. The third-order valence-corrected chi connectivity index (χ3v) is 6.05. The maximum absolute atomic E-state index is 12.8. The molecule has 2 aliphatic heterocycles. The number of aromatic nitrogens is 3. The Morgan fingerprint density at radius 3 is 2.27 bits per heavy atom. The Bertz CT molecular complexity index is 1230. The number of carbonyl (C=O) groups is 2. The summed E-state index contributed by atoms with van der Waals surface area (Å²) in [6.07, 6.45) is 0. The maximum atomic E-state index is 12.8. The van der Waals surface area contributed by atoms with Gasteiger partial charge in [0.1, 0.15) is 12.3 Å². The highest BCUT2D eigenvalue weighted by Crippen LogP contribution is 2.24. The fourth-order valence-corrected chi connectivity index (χ4v) is 4.22. The second-order valence-electron chi connectivity index (χ2n) is 7.96. The molecule has 2 aliphatic rings. The zero-order valence-corrected chi connectivity index (χ0v) is 18.3. The molecule has 0 spiro atoms. The van der Waals surface area contributed by atoms with Crippen molar-refractivity contribution in [2.75, 3.05) is 43.1 Å². The molecule has 0 saturated carbocycles. The van der Waals surface area contributed by atoms with Crippen molar-refractivity contribution in [1.82, 2.24) is 19.2 Å². The van der Waals surface area contributed by atoms with Gasteiger partial charge in [-0.05, 0) is 36.4 Å². The zero-order valence-electron chi connectivity index (χ0n) is 18.3. The molecule has 0 aliphatic carbocycles.